The zero-order valence-electron chi connectivity index (χ0n) is 23.6. The summed E-state index contributed by atoms with van der Waals surface area (Å²) >= 11 is 0. The Kier molecular flexibility index (Phi) is 7.38. The summed E-state index contributed by atoms with van der Waals surface area (Å²) in [6.07, 6.45) is 6.64. The Hall–Kier alpha value is -4.35. The van der Waals surface area contributed by atoms with Gasteiger partial charge in [0.25, 0.3) is 0 Å². The summed E-state index contributed by atoms with van der Waals surface area (Å²) in [6, 6.07) is 11.5. The third-order valence-electron chi connectivity index (χ3n) is 7.64. The summed E-state index contributed by atoms with van der Waals surface area (Å²) < 4.78 is 13.0. The number of Topliss-reactive ketones (excluding diaryl/α,β-unsaturated/α-hetero) is 1. The number of nitrogens with one attached hydrogen (secondary N) is 2. The number of ether oxygens (including phenoxy) is 2. The lowest BCUT2D eigenvalue weighted by molar-refractivity contribution is -0.0124. The average Bonchev–Trinajstić information content (AvgIpc) is 3.63. The molecule has 0 atom stereocenters. The van der Waals surface area contributed by atoms with Gasteiger partial charge in [0.1, 0.15) is 18.0 Å². The van der Waals surface area contributed by atoms with Gasteiger partial charge in [0.2, 0.25) is 0 Å². The van der Waals surface area contributed by atoms with Crippen molar-refractivity contribution < 1.29 is 14.3 Å². The van der Waals surface area contributed by atoms with Crippen molar-refractivity contribution in [2.75, 3.05) is 44.0 Å². The van der Waals surface area contributed by atoms with E-state index in [0.717, 1.165) is 50.4 Å². The van der Waals surface area contributed by atoms with E-state index >= 15 is 0 Å². The first kappa shape index (κ1) is 26.9. The number of carbonyl (C=O) groups is 1. The van der Waals surface area contributed by atoms with Gasteiger partial charge < -0.3 is 20.1 Å². The first-order valence-corrected chi connectivity index (χ1v) is 13.8. The van der Waals surface area contributed by atoms with E-state index in [4.69, 9.17) is 9.47 Å². The molecule has 0 saturated carbocycles. The summed E-state index contributed by atoms with van der Waals surface area (Å²) in [5.74, 6) is 2.34. The van der Waals surface area contributed by atoms with Gasteiger partial charge in [0.15, 0.2) is 17.4 Å². The van der Waals surface area contributed by atoms with Crippen LogP contribution in [0.5, 0.6) is 5.75 Å². The lowest BCUT2D eigenvalue weighted by Crippen LogP contribution is -2.56. The molecule has 11 nitrogen and oxygen atoms in total. The highest BCUT2D eigenvalue weighted by molar-refractivity contribution is 6.02. The predicted octanol–water partition coefficient (Wildman–Crippen LogP) is 4.58. The van der Waals surface area contributed by atoms with Crippen LogP contribution in [0.4, 0.5) is 23.0 Å². The van der Waals surface area contributed by atoms with E-state index in [9.17, 15) is 4.79 Å². The molecular weight excluding hydrogens is 520 g/mol. The molecule has 0 unspecified atom stereocenters. The molecule has 2 aliphatic heterocycles. The van der Waals surface area contributed by atoms with Gasteiger partial charge in [-0.3, -0.25) is 14.4 Å². The second-order valence-electron chi connectivity index (χ2n) is 10.8. The lowest BCUT2D eigenvalue weighted by atomic mass is 9.79. The first-order valence-electron chi connectivity index (χ1n) is 13.8. The molecule has 41 heavy (non-hydrogen) atoms. The maximum Gasteiger partial charge on any atom is 0.184 e. The first-order chi connectivity index (χ1) is 19.9. The topological polar surface area (TPSA) is 119 Å². The maximum absolute atomic E-state index is 12.8. The standard InChI is InChI=1S/C30H34N8O3/c1-4-25(39)22-14-32-27(35-26-9-8-20(13-31-26)15-38-16-30(17-38)10-11-41-18-30)12-24(22)34-23-7-5-6-21(28(23)40-3)29-33-19-37(2)36-29/h5-9,12-14,19H,4,10-11,15-18H2,1-3H3,(H2,31,32,34,35). The number of aromatic nitrogens is 5. The highest BCUT2D eigenvalue weighted by atomic mass is 16.5. The molecule has 3 aromatic heterocycles. The van der Waals surface area contributed by atoms with Crippen LogP contribution in [0.1, 0.15) is 35.7 Å². The van der Waals surface area contributed by atoms with Gasteiger partial charge in [-0.15, -0.1) is 0 Å². The van der Waals surface area contributed by atoms with E-state index in [1.54, 1.807) is 24.3 Å². The van der Waals surface area contributed by atoms with Crippen LogP contribution in [0.25, 0.3) is 11.4 Å². The zero-order valence-corrected chi connectivity index (χ0v) is 23.6. The van der Waals surface area contributed by atoms with Gasteiger partial charge >= 0.3 is 0 Å². The quantitative estimate of drug-likeness (QED) is 0.270. The monoisotopic (exact) mass is 554 g/mol. The third-order valence-corrected chi connectivity index (χ3v) is 7.64. The molecule has 2 N–H and O–H groups in total. The fourth-order valence-electron chi connectivity index (χ4n) is 5.57. The average molecular weight is 555 g/mol. The Morgan fingerprint density at radius 3 is 2.61 bits per heavy atom. The largest absolute Gasteiger partial charge is 0.494 e. The van der Waals surface area contributed by atoms with Crippen molar-refractivity contribution in [2.24, 2.45) is 12.5 Å². The molecule has 0 amide bonds. The van der Waals surface area contributed by atoms with Crippen molar-refractivity contribution >= 4 is 28.8 Å². The van der Waals surface area contributed by atoms with Crippen LogP contribution < -0.4 is 15.4 Å². The molecule has 0 bridgehead atoms. The van der Waals surface area contributed by atoms with Crippen LogP contribution in [-0.2, 0) is 18.3 Å². The number of para-hydroxylation sites is 1. The molecule has 2 aliphatic rings. The number of benzene rings is 1. The maximum atomic E-state index is 12.8. The Balaban J connectivity index is 1.20. The predicted molar refractivity (Wildman–Crippen MR) is 156 cm³/mol. The number of aryl methyl sites for hydroxylation is 1. The Morgan fingerprint density at radius 2 is 1.93 bits per heavy atom. The van der Waals surface area contributed by atoms with Crippen molar-refractivity contribution in [3.05, 3.63) is 66.2 Å². The van der Waals surface area contributed by atoms with Gasteiger partial charge in [-0.25, -0.2) is 15.0 Å². The number of likely N-dealkylation sites (tertiary alicyclic amines) is 1. The lowest BCUT2D eigenvalue weighted by Gasteiger charge is -2.47. The van der Waals surface area contributed by atoms with Crippen LogP contribution in [0.15, 0.2) is 55.1 Å². The summed E-state index contributed by atoms with van der Waals surface area (Å²) in [5, 5.41) is 11.1. The summed E-state index contributed by atoms with van der Waals surface area (Å²) in [6.45, 7) is 6.65. The van der Waals surface area contributed by atoms with E-state index < -0.39 is 0 Å². The zero-order chi connectivity index (χ0) is 28.4. The summed E-state index contributed by atoms with van der Waals surface area (Å²) in [5.41, 5.74) is 4.06. The fourth-order valence-corrected chi connectivity index (χ4v) is 5.57. The molecule has 5 heterocycles. The third kappa shape index (κ3) is 5.63. The number of methoxy groups -OCH3 is 1. The minimum Gasteiger partial charge on any atom is -0.494 e. The molecule has 2 saturated heterocycles. The van der Waals surface area contributed by atoms with Gasteiger partial charge in [-0.2, -0.15) is 5.10 Å². The van der Waals surface area contributed by atoms with Crippen molar-refractivity contribution in [2.45, 2.75) is 26.3 Å². The molecule has 1 spiro atoms. The fraction of sp³-hybridized carbons (Fsp3) is 0.367. The van der Waals surface area contributed by atoms with Crippen LogP contribution in [-0.4, -0.2) is 68.8 Å². The van der Waals surface area contributed by atoms with Crippen LogP contribution in [0, 0.1) is 5.41 Å². The molecule has 1 aromatic carbocycles. The number of anilines is 4. The number of nitrogens with zero attached hydrogens (tertiary/aromatic N) is 6. The number of carbonyl (C=O) groups excluding carboxylic acids is 1. The molecule has 11 heteroatoms. The van der Waals surface area contributed by atoms with Gasteiger partial charge in [-0.1, -0.05) is 19.1 Å². The van der Waals surface area contributed by atoms with Crippen molar-refractivity contribution in [3.8, 4) is 17.1 Å². The van der Waals surface area contributed by atoms with Crippen molar-refractivity contribution in [1.29, 1.82) is 0 Å². The number of ketones is 1. The Bertz CT molecular complexity index is 1540. The van der Waals surface area contributed by atoms with E-state index in [-0.39, 0.29) is 5.78 Å². The van der Waals surface area contributed by atoms with Gasteiger partial charge in [0.05, 0.1) is 36.2 Å². The molecule has 0 radical (unpaired) electrons. The molecule has 6 rings (SSSR count). The van der Waals surface area contributed by atoms with Gasteiger partial charge in [-0.05, 0) is 30.2 Å². The Morgan fingerprint density at radius 1 is 1.07 bits per heavy atom. The summed E-state index contributed by atoms with van der Waals surface area (Å²) in [4.78, 5) is 28.7. The number of rotatable bonds is 10. The molecule has 0 aliphatic carbocycles. The smallest absolute Gasteiger partial charge is 0.184 e. The van der Waals surface area contributed by atoms with Crippen molar-refractivity contribution in [3.63, 3.8) is 0 Å². The number of hydrogen-bond donors (Lipinski definition) is 2. The van der Waals surface area contributed by atoms with E-state index in [1.165, 1.54) is 0 Å². The van der Waals surface area contributed by atoms with Gasteiger partial charge in [0, 0.05) is 63.6 Å². The van der Waals surface area contributed by atoms with Crippen molar-refractivity contribution in [1.82, 2.24) is 29.6 Å². The SMILES string of the molecule is CCC(=O)c1cnc(Nc2ccc(CN3CC4(CCOC4)C3)cn2)cc1Nc1cccc(-c2ncn(C)n2)c1OC. The van der Waals surface area contributed by atoms with E-state index in [2.05, 4.69) is 41.7 Å². The number of hydrogen-bond acceptors (Lipinski definition) is 10. The Labute approximate surface area is 238 Å². The molecule has 2 fully saturated rings. The molecular formula is C30H34N8O3. The minimum absolute atomic E-state index is 0.0208. The highest BCUT2D eigenvalue weighted by Gasteiger charge is 2.45. The molecule has 212 valence electrons. The van der Waals surface area contributed by atoms with Crippen LogP contribution in [0.2, 0.25) is 0 Å². The summed E-state index contributed by atoms with van der Waals surface area (Å²) in [7, 11) is 3.41. The number of pyridine rings is 2. The van der Waals surface area contributed by atoms with E-state index in [0.29, 0.717) is 52.0 Å². The van der Waals surface area contributed by atoms with E-state index in [1.807, 2.05) is 50.5 Å². The van der Waals surface area contributed by atoms with Crippen LogP contribution >= 0.6 is 0 Å². The minimum atomic E-state index is -0.0208. The second kappa shape index (κ2) is 11.3. The molecule has 4 aromatic rings. The van der Waals surface area contributed by atoms with Crippen LogP contribution in [0.3, 0.4) is 0 Å². The highest BCUT2D eigenvalue weighted by Crippen LogP contribution is 2.39. The second-order valence-corrected chi connectivity index (χ2v) is 10.8. The normalized spacial score (nSPS) is 16.0.